The summed E-state index contributed by atoms with van der Waals surface area (Å²) in [6.45, 7) is 0. The van der Waals surface area contributed by atoms with Crippen molar-refractivity contribution >= 4 is 40.6 Å². The van der Waals surface area contributed by atoms with E-state index in [0.717, 1.165) is 28.4 Å². The number of ether oxygens (including phenoxy) is 1. The first-order chi connectivity index (χ1) is 16.5. The molecule has 172 valence electrons. The van der Waals surface area contributed by atoms with Crippen molar-refractivity contribution in [3.8, 4) is 17.1 Å². The topological polar surface area (TPSA) is 72.3 Å². The van der Waals surface area contributed by atoms with Crippen LogP contribution in [0.4, 0.5) is 11.4 Å². The SMILES string of the molecule is COc1ccc(C2N(C)c3ccccc3-c3nnc(SCC(=O)Nc4ccc(Cl)cc4)n32)cc1. The van der Waals surface area contributed by atoms with E-state index in [1.807, 2.05) is 42.5 Å². The van der Waals surface area contributed by atoms with Crippen molar-refractivity contribution < 1.29 is 9.53 Å². The van der Waals surface area contributed by atoms with Crippen LogP contribution in [0.2, 0.25) is 5.02 Å². The number of carbonyl (C=O) groups is 1. The van der Waals surface area contributed by atoms with Gasteiger partial charge in [-0.3, -0.25) is 9.36 Å². The van der Waals surface area contributed by atoms with Crippen molar-refractivity contribution in [1.82, 2.24) is 14.8 Å². The predicted molar refractivity (Wildman–Crippen MR) is 136 cm³/mol. The van der Waals surface area contributed by atoms with Crippen LogP contribution in [0.25, 0.3) is 11.4 Å². The first kappa shape index (κ1) is 22.3. The lowest BCUT2D eigenvalue weighted by Gasteiger charge is -2.37. The second-order valence-corrected chi connectivity index (χ2v) is 9.17. The second-order valence-electron chi connectivity index (χ2n) is 7.79. The van der Waals surface area contributed by atoms with Gasteiger partial charge < -0.3 is 15.0 Å². The maximum absolute atomic E-state index is 12.6. The molecule has 0 aliphatic carbocycles. The van der Waals surface area contributed by atoms with E-state index in [2.05, 4.69) is 38.1 Å². The van der Waals surface area contributed by atoms with Gasteiger partial charge in [0.05, 0.1) is 12.9 Å². The third-order valence-corrected chi connectivity index (χ3v) is 6.87. The van der Waals surface area contributed by atoms with Crippen molar-refractivity contribution in [2.75, 3.05) is 30.1 Å². The number of hydrogen-bond acceptors (Lipinski definition) is 6. The summed E-state index contributed by atoms with van der Waals surface area (Å²) < 4.78 is 7.42. The van der Waals surface area contributed by atoms with Gasteiger partial charge in [0.2, 0.25) is 5.91 Å². The molecule has 1 aliphatic heterocycles. The Balaban J connectivity index is 1.46. The van der Waals surface area contributed by atoms with Gasteiger partial charge >= 0.3 is 0 Å². The lowest BCUT2D eigenvalue weighted by Crippen LogP contribution is -2.34. The van der Waals surface area contributed by atoms with Crippen LogP contribution in [-0.4, -0.2) is 40.6 Å². The van der Waals surface area contributed by atoms with Gasteiger partial charge in [-0.2, -0.15) is 0 Å². The molecular formula is C25H22ClN5O2S. The number of anilines is 2. The maximum Gasteiger partial charge on any atom is 0.234 e. The Morgan fingerprint density at radius 2 is 1.79 bits per heavy atom. The van der Waals surface area contributed by atoms with Crippen molar-refractivity contribution in [2.45, 2.75) is 11.3 Å². The van der Waals surface area contributed by atoms with Crippen LogP contribution in [0.3, 0.4) is 0 Å². The van der Waals surface area contributed by atoms with Crippen LogP contribution in [0, 0.1) is 0 Å². The zero-order valence-electron chi connectivity index (χ0n) is 18.6. The highest BCUT2D eigenvalue weighted by Crippen LogP contribution is 2.43. The molecule has 9 heteroatoms. The van der Waals surface area contributed by atoms with Crippen LogP contribution in [0.15, 0.2) is 78.0 Å². The number of benzene rings is 3. The van der Waals surface area contributed by atoms with E-state index in [0.29, 0.717) is 15.9 Å². The molecule has 0 radical (unpaired) electrons. The molecule has 34 heavy (non-hydrogen) atoms. The lowest BCUT2D eigenvalue weighted by molar-refractivity contribution is -0.113. The van der Waals surface area contributed by atoms with Crippen molar-refractivity contribution in [3.05, 3.63) is 83.4 Å². The van der Waals surface area contributed by atoms with E-state index < -0.39 is 0 Å². The van der Waals surface area contributed by atoms with Gasteiger partial charge in [0.25, 0.3) is 0 Å². The number of hydrogen-bond donors (Lipinski definition) is 1. The lowest BCUT2D eigenvalue weighted by atomic mass is 10.0. The molecule has 0 spiro atoms. The van der Waals surface area contributed by atoms with Gasteiger partial charge in [-0.25, -0.2) is 0 Å². The van der Waals surface area contributed by atoms with E-state index in [-0.39, 0.29) is 17.8 Å². The Hall–Kier alpha value is -3.49. The molecule has 4 aromatic rings. The fraction of sp³-hybridized carbons (Fsp3) is 0.160. The molecule has 0 bridgehead atoms. The molecular weight excluding hydrogens is 470 g/mol. The number of halogens is 1. The summed E-state index contributed by atoms with van der Waals surface area (Å²) in [6.07, 6.45) is -0.173. The third kappa shape index (κ3) is 4.22. The highest BCUT2D eigenvalue weighted by Gasteiger charge is 2.33. The number of para-hydroxylation sites is 1. The van der Waals surface area contributed by atoms with Crippen LogP contribution >= 0.6 is 23.4 Å². The van der Waals surface area contributed by atoms with E-state index in [9.17, 15) is 4.79 Å². The van der Waals surface area contributed by atoms with Gasteiger partial charge in [-0.15, -0.1) is 10.2 Å². The van der Waals surface area contributed by atoms with E-state index in [1.54, 1.807) is 31.4 Å². The Morgan fingerprint density at radius 3 is 2.53 bits per heavy atom. The van der Waals surface area contributed by atoms with Crippen LogP contribution < -0.4 is 15.0 Å². The molecule has 5 rings (SSSR count). The Bertz CT molecular complexity index is 1320. The summed E-state index contributed by atoms with van der Waals surface area (Å²) in [5.41, 5.74) is 3.83. The van der Waals surface area contributed by atoms with Gasteiger partial charge in [0, 0.05) is 29.0 Å². The average molecular weight is 492 g/mol. The number of fused-ring (bicyclic) bond motifs is 3. The standard InChI is InChI=1S/C25H22ClN5O2S/c1-30-21-6-4-3-5-20(21)23-28-29-25(31(23)24(30)16-7-13-19(33-2)14-8-16)34-15-22(32)27-18-11-9-17(26)10-12-18/h3-14,24H,15H2,1-2H3,(H,27,32). The maximum atomic E-state index is 12.6. The van der Waals surface area contributed by atoms with Gasteiger partial charge in [0.15, 0.2) is 11.0 Å². The number of rotatable bonds is 6. The molecule has 0 saturated heterocycles. The number of amides is 1. The van der Waals surface area contributed by atoms with E-state index in [4.69, 9.17) is 16.3 Å². The Morgan fingerprint density at radius 1 is 1.06 bits per heavy atom. The van der Waals surface area contributed by atoms with Crippen molar-refractivity contribution in [2.24, 2.45) is 0 Å². The minimum atomic E-state index is -0.173. The summed E-state index contributed by atoms with van der Waals surface area (Å²) in [5.74, 6) is 1.63. The average Bonchev–Trinajstić information content (AvgIpc) is 3.28. The zero-order valence-corrected chi connectivity index (χ0v) is 20.2. The summed E-state index contributed by atoms with van der Waals surface area (Å²) >= 11 is 7.28. The summed E-state index contributed by atoms with van der Waals surface area (Å²) in [7, 11) is 3.71. The highest BCUT2D eigenvalue weighted by atomic mass is 35.5. The van der Waals surface area contributed by atoms with Crippen LogP contribution in [0.1, 0.15) is 11.7 Å². The van der Waals surface area contributed by atoms with Crippen molar-refractivity contribution in [1.29, 1.82) is 0 Å². The number of thioether (sulfide) groups is 1. The number of nitrogens with zero attached hydrogens (tertiary/aromatic N) is 4. The highest BCUT2D eigenvalue weighted by molar-refractivity contribution is 7.99. The van der Waals surface area contributed by atoms with E-state index >= 15 is 0 Å². The fourth-order valence-corrected chi connectivity index (χ4v) is 4.95. The number of carbonyl (C=O) groups excluding carboxylic acids is 1. The van der Waals surface area contributed by atoms with E-state index in [1.165, 1.54) is 11.8 Å². The van der Waals surface area contributed by atoms with Gasteiger partial charge in [-0.1, -0.05) is 47.6 Å². The molecule has 0 saturated carbocycles. The molecule has 2 heterocycles. The molecule has 7 nitrogen and oxygen atoms in total. The molecule has 3 aromatic carbocycles. The third-order valence-electron chi connectivity index (χ3n) is 5.68. The van der Waals surface area contributed by atoms with Gasteiger partial charge in [0.1, 0.15) is 11.9 Å². The monoisotopic (exact) mass is 491 g/mol. The smallest absolute Gasteiger partial charge is 0.234 e. The Kier molecular flexibility index (Phi) is 6.17. The molecule has 1 unspecified atom stereocenters. The molecule has 0 fully saturated rings. The minimum Gasteiger partial charge on any atom is -0.497 e. The molecule has 1 atom stereocenters. The normalized spacial score (nSPS) is 14.3. The molecule has 1 N–H and O–H groups in total. The van der Waals surface area contributed by atoms with Crippen molar-refractivity contribution in [3.63, 3.8) is 0 Å². The first-order valence-electron chi connectivity index (χ1n) is 10.6. The zero-order chi connectivity index (χ0) is 23.7. The summed E-state index contributed by atoms with van der Waals surface area (Å²) in [4.78, 5) is 14.8. The quantitative estimate of drug-likeness (QED) is 0.367. The number of aromatic nitrogens is 3. The summed E-state index contributed by atoms with van der Waals surface area (Å²) in [6, 6.07) is 23.1. The number of nitrogens with one attached hydrogen (secondary N) is 1. The first-order valence-corrected chi connectivity index (χ1v) is 12.0. The van der Waals surface area contributed by atoms with Gasteiger partial charge in [-0.05, 0) is 54.1 Å². The summed E-state index contributed by atoms with van der Waals surface area (Å²) in [5, 5.41) is 13.1. The fourth-order valence-electron chi connectivity index (χ4n) is 4.06. The molecule has 1 amide bonds. The van der Waals surface area contributed by atoms with Crippen LogP contribution in [-0.2, 0) is 4.79 Å². The Labute approximate surface area is 206 Å². The molecule has 1 aromatic heterocycles. The predicted octanol–water partition coefficient (Wildman–Crippen LogP) is 5.33. The molecule has 1 aliphatic rings. The second kappa shape index (κ2) is 9.40. The minimum absolute atomic E-state index is 0.129. The van der Waals surface area contributed by atoms with Crippen LogP contribution in [0.5, 0.6) is 5.75 Å². The number of methoxy groups -OCH3 is 1. The largest absolute Gasteiger partial charge is 0.497 e.